The largest absolute Gasteiger partial charge is 0.496 e. The van der Waals surface area contributed by atoms with E-state index in [1.54, 1.807) is 35.8 Å². The second kappa shape index (κ2) is 8.41. The zero-order chi connectivity index (χ0) is 22.1. The number of carbonyl (C=O) groups is 1. The Balaban J connectivity index is 1.60. The summed E-state index contributed by atoms with van der Waals surface area (Å²) in [6.45, 7) is 5.08. The summed E-state index contributed by atoms with van der Waals surface area (Å²) < 4.78 is 26.3. The van der Waals surface area contributed by atoms with Crippen LogP contribution in [0.1, 0.15) is 20.3 Å². The Kier molecular flexibility index (Phi) is 5.67. The average molecular weight is 427 g/mol. The van der Waals surface area contributed by atoms with Gasteiger partial charge in [0.05, 0.1) is 31.1 Å². The summed E-state index contributed by atoms with van der Waals surface area (Å²) in [5.41, 5.74) is 1.87. The molecule has 1 atom stereocenters. The molecule has 1 aliphatic rings. The maximum Gasteiger partial charge on any atom is 0.410 e. The zero-order valence-electron chi connectivity index (χ0n) is 18.1. The average Bonchev–Trinajstić information content (AvgIpc) is 3.39. The number of aromatic nitrogens is 3. The Morgan fingerprint density at radius 3 is 2.84 bits per heavy atom. The fourth-order valence-corrected chi connectivity index (χ4v) is 3.80. The molecule has 3 aromatic rings. The van der Waals surface area contributed by atoms with Gasteiger partial charge < -0.3 is 19.3 Å². The Hall–Kier alpha value is -3.36. The molecule has 0 saturated carbocycles. The van der Waals surface area contributed by atoms with Crippen LogP contribution < -0.4 is 9.64 Å². The van der Waals surface area contributed by atoms with Crippen LogP contribution in [0.15, 0.2) is 36.5 Å². The van der Waals surface area contributed by atoms with Gasteiger partial charge in [0.15, 0.2) is 5.65 Å². The number of ether oxygens (including phenoxy) is 2. The third-order valence-corrected chi connectivity index (χ3v) is 5.45. The lowest BCUT2D eigenvalue weighted by Gasteiger charge is -2.25. The van der Waals surface area contributed by atoms with E-state index in [1.165, 1.54) is 12.1 Å². The minimum Gasteiger partial charge on any atom is -0.496 e. The van der Waals surface area contributed by atoms with Crippen LogP contribution in [-0.4, -0.2) is 65.0 Å². The first kappa shape index (κ1) is 20.9. The Bertz CT molecular complexity index is 1100. The first-order valence-corrected chi connectivity index (χ1v) is 10.2. The smallest absolute Gasteiger partial charge is 0.410 e. The lowest BCUT2D eigenvalue weighted by Crippen LogP contribution is -2.40. The van der Waals surface area contributed by atoms with Crippen LogP contribution >= 0.6 is 0 Å². The second-order valence-corrected chi connectivity index (χ2v) is 7.88. The molecule has 1 amide bonds. The summed E-state index contributed by atoms with van der Waals surface area (Å²) in [6.07, 6.45) is 2.00. The third kappa shape index (κ3) is 4.12. The van der Waals surface area contributed by atoms with Gasteiger partial charge in [-0.2, -0.15) is 0 Å². The molecule has 31 heavy (non-hydrogen) atoms. The molecule has 0 unspecified atom stereocenters. The van der Waals surface area contributed by atoms with Crippen molar-refractivity contribution in [2.45, 2.75) is 32.4 Å². The first-order valence-electron chi connectivity index (χ1n) is 10.2. The molecule has 1 aliphatic heterocycles. The van der Waals surface area contributed by atoms with Crippen molar-refractivity contribution in [3.05, 3.63) is 42.3 Å². The number of likely N-dealkylation sites (N-methyl/N-ethyl adjacent to an activating group) is 1. The molecule has 8 nitrogen and oxygen atoms in total. The minimum absolute atomic E-state index is 0.0364. The van der Waals surface area contributed by atoms with Crippen molar-refractivity contribution in [3.63, 3.8) is 0 Å². The molecule has 9 heteroatoms. The van der Waals surface area contributed by atoms with E-state index in [-0.39, 0.29) is 24.1 Å². The van der Waals surface area contributed by atoms with Gasteiger partial charge in [-0.1, -0.05) is 0 Å². The van der Waals surface area contributed by atoms with Gasteiger partial charge >= 0.3 is 6.09 Å². The Morgan fingerprint density at radius 2 is 2.10 bits per heavy atom. The van der Waals surface area contributed by atoms with Crippen LogP contribution in [0, 0.1) is 5.82 Å². The fourth-order valence-electron chi connectivity index (χ4n) is 3.80. The molecule has 0 radical (unpaired) electrons. The van der Waals surface area contributed by atoms with E-state index in [0.717, 1.165) is 18.8 Å². The highest BCUT2D eigenvalue weighted by atomic mass is 19.1. The van der Waals surface area contributed by atoms with E-state index < -0.39 is 0 Å². The Labute approximate surface area is 180 Å². The van der Waals surface area contributed by atoms with Crippen molar-refractivity contribution in [1.82, 2.24) is 19.5 Å². The molecule has 1 aromatic carbocycles. The van der Waals surface area contributed by atoms with Crippen LogP contribution in [0.5, 0.6) is 5.75 Å². The van der Waals surface area contributed by atoms with E-state index in [9.17, 15) is 9.18 Å². The van der Waals surface area contributed by atoms with Gasteiger partial charge in [-0.15, -0.1) is 5.10 Å². The molecule has 0 bridgehead atoms. The van der Waals surface area contributed by atoms with Crippen molar-refractivity contribution in [1.29, 1.82) is 0 Å². The number of methoxy groups -OCH3 is 1. The zero-order valence-corrected chi connectivity index (χ0v) is 18.1. The topological polar surface area (TPSA) is 72.2 Å². The molecular weight excluding hydrogens is 401 g/mol. The van der Waals surface area contributed by atoms with Crippen LogP contribution in [0.2, 0.25) is 0 Å². The first-order chi connectivity index (χ1) is 14.9. The lowest BCUT2D eigenvalue weighted by atomic mass is 10.1. The van der Waals surface area contributed by atoms with E-state index in [2.05, 4.69) is 9.88 Å². The number of halogens is 1. The number of anilines is 1. The summed E-state index contributed by atoms with van der Waals surface area (Å²) >= 11 is 0. The van der Waals surface area contributed by atoms with Crippen LogP contribution in [0.3, 0.4) is 0 Å². The van der Waals surface area contributed by atoms with Crippen molar-refractivity contribution in [3.8, 4) is 17.0 Å². The molecule has 1 fully saturated rings. The summed E-state index contributed by atoms with van der Waals surface area (Å²) in [7, 11) is 3.31. The Morgan fingerprint density at radius 1 is 1.29 bits per heavy atom. The predicted octanol–water partition coefficient (Wildman–Crippen LogP) is 3.60. The van der Waals surface area contributed by atoms with Gasteiger partial charge in [0.1, 0.15) is 17.4 Å². The van der Waals surface area contributed by atoms with Crippen molar-refractivity contribution < 1.29 is 18.7 Å². The summed E-state index contributed by atoms with van der Waals surface area (Å²) in [5.74, 6) is 0.942. The highest BCUT2D eigenvalue weighted by Crippen LogP contribution is 2.31. The van der Waals surface area contributed by atoms with Gasteiger partial charge in [-0.3, -0.25) is 0 Å². The van der Waals surface area contributed by atoms with Gasteiger partial charge in [0.25, 0.3) is 0 Å². The van der Waals surface area contributed by atoms with Gasteiger partial charge in [-0.05, 0) is 50.6 Å². The van der Waals surface area contributed by atoms with E-state index in [0.29, 0.717) is 29.2 Å². The number of imidazole rings is 1. The SMILES string of the molecule is COc1ccc(F)cc1-c1cnc2ccc(N3CC[C@H](N(C)C(=O)OC(C)C)C3)nn12. The normalized spacial score (nSPS) is 16.2. The maximum atomic E-state index is 13.9. The van der Waals surface area contributed by atoms with E-state index in [4.69, 9.17) is 14.6 Å². The van der Waals surface area contributed by atoms with Crippen molar-refractivity contribution >= 4 is 17.6 Å². The number of benzene rings is 1. The maximum absolute atomic E-state index is 13.9. The van der Waals surface area contributed by atoms with Gasteiger partial charge in [0.2, 0.25) is 0 Å². The van der Waals surface area contributed by atoms with Crippen LogP contribution in [0.4, 0.5) is 15.0 Å². The number of amides is 1. The van der Waals surface area contributed by atoms with Crippen molar-refractivity contribution in [2.75, 3.05) is 32.1 Å². The standard InChI is InChI=1S/C22H26FN5O3/c1-14(2)31-22(29)26(3)16-9-10-27(13-16)21-8-7-20-24-12-18(28(20)25-21)17-11-15(23)5-6-19(17)30-4/h5-8,11-12,14,16H,9-10,13H2,1-4H3/t16-/m0/s1. The fraction of sp³-hybridized carbons (Fsp3) is 0.409. The molecule has 164 valence electrons. The summed E-state index contributed by atoms with van der Waals surface area (Å²) in [4.78, 5) is 20.4. The number of hydrogen-bond donors (Lipinski definition) is 0. The van der Waals surface area contributed by atoms with Crippen LogP contribution in [0.25, 0.3) is 16.9 Å². The number of fused-ring (bicyclic) bond motifs is 1. The molecule has 1 saturated heterocycles. The molecular formula is C22H26FN5O3. The molecule has 0 spiro atoms. The highest BCUT2D eigenvalue weighted by molar-refractivity contribution is 5.70. The van der Waals surface area contributed by atoms with Crippen molar-refractivity contribution in [2.24, 2.45) is 0 Å². The molecule has 0 aliphatic carbocycles. The number of carbonyl (C=O) groups excluding carboxylic acids is 1. The highest BCUT2D eigenvalue weighted by Gasteiger charge is 2.30. The summed E-state index contributed by atoms with van der Waals surface area (Å²) in [6, 6.07) is 8.18. The predicted molar refractivity (Wildman–Crippen MR) is 115 cm³/mol. The molecule has 4 rings (SSSR count). The summed E-state index contributed by atoms with van der Waals surface area (Å²) in [5, 5.41) is 4.75. The van der Waals surface area contributed by atoms with E-state index >= 15 is 0 Å². The van der Waals surface area contributed by atoms with Gasteiger partial charge in [-0.25, -0.2) is 18.7 Å². The minimum atomic E-state index is -0.361. The number of nitrogens with zero attached hydrogens (tertiary/aromatic N) is 5. The molecule has 2 aromatic heterocycles. The number of rotatable bonds is 5. The quantitative estimate of drug-likeness (QED) is 0.620. The third-order valence-electron chi connectivity index (χ3n) is 5.45. The van der Waals surface area contributed by atoms with E-state index in [1.807, 2.05) is 26.0 Å². The number of hydrogen-bond acceptors (Lipinski definition) is 6. The van der Waals surface area contributed by atoms with Gasteiger partial charge in [0, 0.05) is 25.7 Å². The molecule has 3 heterocycles. The lowest BCUT2D eigenvalue weighted by molar-refractivity contribution is 0.0748. The monoisotopic (exact) mass is 427 g/mol. The molecule has 0 N–H and O–H groups in total. The van der Waals surface area contributed by atoms with Crippen LogP contribution in [-0.2, 0) is 4.74 Å². The second-order valence-electron chi connectivity index (χ2n) is 7.88.